The van der Waals surface area contributed by atoms with Crippen LogP contribution in [-0.2, 0) is 22.4 Å². The summed E-state index contributed by atoms with van der Waals surface area (Å²) in [5.41, 5.74) is 1.01. The SMILES string of the molecule is O=C(Nc1nnc(CCCCc2nnc(NC(=O)[C@@H](O)c3ccccc3)s2)s1)[C@@H](O)c1ccccc1. The van der Waals surface area contributed by atoms with E-state index in [-0.39, 0.29) is 0 Å². The van der Waals surface area contributed by atoms with E-state index in [1.165, 1.54) is 22.7 Å². The first-order chi connectivity index (χ1) is 17.5. The maximum absolute atomic E-state index is 12.2. The fourth-order valence-electron chi connectivity index (χ4n) is 3.28. The number of unbranched alkanes of at least 4 members (excludes halogenated alkanes) is 1. The second kappa shape index (κ2) is 12.4. The van der Waals surface area contributed by atoms with Crippen molar-refractivity contribution in [3.8, 4) is 0 Å². The highest BCUT2D eigenvalue weighted by Gasteiger charge is 2.20. The third-order valence-corrected chi connectivity index (χ3v) is 6.95. The number of rotatable bonds is 11. The van der Waals surface area contributed by atoms with E-state index in [1.54, 1.807) is 48.5 Å². The first-order valence-electron chi connectivity index (χ1n) is 11.2. The zero-order valence-corrected chi connectivity index (χ0v) is 20.7. The molecule has 2 atom stereocenters. The van der Waals surface area contributed by atoms with E-state index in [1.807, 2.05) is 12.1 Å². The number of carbonyl (C=O) groups excluding carboxylic acids is 2. The first-order valence-corrected chi connectivity index (χ1v) is 12.9. The number of hydrogen-bond acceptors (Lipinski definition) is 10. The number of aliphatic hydroxyl groups excluding tert-OH is 2. The quantitative estimate of drug-likeness (QED) is 0.218. The third kappa shape index (κ3) is 6.98. The average Bonchev–Trinajstić information content (AvgIpc) is 3.55. The maximum Gasteiger partial charge on any atom is 0.259 e. The van der Waals surface area contributed by atoms with Gasteiger partial charge in [0.15, 0.2) is 12.2 Å². The lowest BCUT2D eigenvalue weighted by Gasteiger charge is -2.09. The average molecular weight is 525 g/mol. The zero-order chi connectivity index (χ0) is 25.3. The highest BCUT2D eigenvalue weighted by Crippen LogP contribution is 2.22. The van der Waals surface area contributed by atoms with Crippen molar-refractivity contribution in [3.63, 3.8) is 0 Å². The molecule has 2 aromatic carbocycles. The van der Waals surface area contributed by atoms with Gasteiger partial charge in [0.2, 0.25) is 10.3 Å². The van der Waals surface area contributed by atoms with Crippen LogP contribution in [0.4, 0.5) is 10.3 Å². The molecule has 2 heterocycles. The molecule has 10 nitrogen and oxygen atoms in total. The Morgan fingerprint density at radius 2 is 1.06 bits per heavy atom. The highest BCUT2D eigenvalue weighted by molar-refractivity contribution is 7.15. The predicted molar refractivity (Wildman–Crippen MR) is 137 cm³/mol. The summed E-state index contributed by atoms with van der Waals surface area (Å²) in [6.45, 7) is 0. The van der Waals surface area contributed by atoms with Crippen molar-refractivity contribution < 1.29 is 19.8 Å². The van der Waals surface area contributed by atoms with Crippen LogP contribution in [0.25, 0.3) is 0 Å². The van der Waals surface area contributed by atoms with Crippen molar-refractivity contribution in [1.82, 2.24) is 20.4 Å². The van der Waals surface area contributed by atoms with Gasteiger partial charge in [-0.1, -0.05) is 83.3 Å². The molecule has 36 heavy (non-hydrogen) atoms. The summed E-state index contributed by atoms with van der Waals surface area (Å²) in [4.78, 5) is 24.5. The summed E-state index contributed by atoms with van der Waals surface area (Å²) in [6.07, 6.45) is 0.455. The zero-order valence-electron chi connectivity index (χ0n) is 19.1. The van der Waals surface area contributed by atoms with Gasteiger partial charge in [-0.15, -0.1) is 20.4 Å². The maximum atomic E-state index is 12.2. The molecule has 4 aromatic rings. The van der Waals surface area contributed by atoms with Gasteiger partial charge in [0.25, 0.3) is 11.8 Å². The molecule has 4 N–H and O–H groups in total. The van der Waals surface area contributed by atoms with Crippen molar-refractivity contribution in [3.05, 3.63) is 81.8 Å². The molecule has 2 aromatic heterocycles. The van der Waals surface area contributed by atoms with Crippen LogP contribution in [-0.4, -0.2) is 42.4 Å². The highest BCUT2D eigenvalue weighted by atomic mass is 32.1. The molecular weight excluding hydrogens is 500 g/mol. The number of aryl methyl sites for hydroxylation is 2. The number of benzene rings is 2. The van der Waals surface area contributed by atoms with Crippen molar-refractivity contribution in [1.29, 1.82) is 0 Å². The molecule has 0 fully saturated rings. The van der Waals surface area contributed by atoms with Gasteiger partial charge in [-0.05, 0) is 24.0 Å². The molecule has 0 aliphatic carbocycles. The third-order valence-electron chi connectivity index (χ3n) is 5.15. The van der Waals surface area contributed by atoms with Crippen LogP contribution < -0.4 is 10.6 Å². The number of amides is 2. The van der Waals surface area contributed by atoms with Crippen LogP contribution in [0, 0.1) is 0 Å². The molecular formula is C24H24N6O4S2. The topological polar surface area (TPSA) is 150 Å². The van der Waals surface area contributed by atoms with E-state index >= 15 is 0 Å². The van der Waals surface area contributed by atoms with Gasteiger partial charge in [-0.2, -0.15) is 0 Å². The van der Waals surface area contributed by atoms with E-state index in [0.29, 0.717) is 34.2 Å². The predicted octanol–water partition coefficient (Wildman–Crippen LogP) is 3.30. The largest absolute Gasteiger partial charge is 0.378 e. The number of nitrogens with zero attached hydrogens (tertiary/aromatic N) is 4. The van der Waals surface area contributed by atoms with Crippen LogP contribution in [0.3, 0.4) is 0 Å². The van der Waals surface area contributed by atoms with Crippen LogP contribution in [0.15, 0.2) is 60.7 Å². The van der Waals surface area contributed by atoms with E-state index in [9.17, 15) is 19.8 Å². The molecule has 0 saturated heterocycles. The van der Waals surface area contributed by atoms with Gasteiger partial charge >= 0.3 is 0 Å². The first kappa shape index (κ1) is 25.5. The molecule has 0 saturated carbocycles. The molecule has 0 radical (unpaired) electrons. The Labute approximate surface area is 215 Å². The van der Waals surface area contributed by atoms with Gasteiger partial charge < -0.3 is 10.2 Å². The molecule has 4 rings (SSSR count). The lowest BCUT2D eigenvalue weighted by atomic mass is 10.1. The van der Waals surface area contributed by atoms with Crippen LogP contribution >= 0.6 is 22.7 Å². The summed E-state index contributed by atoms with van der Waals surface area (Å²) < 4.78 is 0. The van der Waals surface area contributed by atoms with E-state index in [2.05, 4.69) is 31.0 Å². The van der Waals surface area contributed by atoms with Crippen molar-refractivity contribution in [2.75, 3.05) is 10.6 Å². The van der Waals surface area contributed by atoms with E-state index < -0.39 is 24.0 Å². The lowest BCUT2D eigenvalue weighted by molar-refractivity contribution is -0.124. The summed E-state index contributed by atoms with van der Waals surface area (Å²) in [6, 6.07) is 17.4. The van der Waals surface area contributed by atoms with Crippen LogP contribution in [0.2, 0.25) is 0 Å². The second-order valence-corrected chi connectivity index (χ2v) is 9.94. The molecule has 0 spiro atoms. The Hall–Kier alpha value is -3.58. The molecule has 0 aliphatic heterocycles. The number of carbonyl (C=O) groups is 2. The monoisotopic (exact) mass is 524 g/mol. The van der Waals surface area contributed by atoms with Gasteiger partial charge in [0, 0.05) is 12.8 Å². The summed E-state index contributed by atoms with van der Waals surface area (Å²) >= 11 is 2.54. The number of nitrogens with one attached hydrogen (secondary N) is 2. The lowest BCUT2D eigenvalue weighted by Crippen LogP contribution is -2.20. The van der Waals surface area contributed by atoms with Crippen molar-refractivity contribution in [2.45, 2.75) is 37.9 Å². The Morgan fingerprint density at radius 3 is 1.44 bits per heavy atom. The van der Waals surface area contributed by atoms with Gasteiger partial charge in [-0.3, -0.25) is 20.2 Å². The molecule has 0 unspecified atom stereocenters. The van der Waals surface area contributed by atoms with E-state index in [4.69, 9.17) is 0 Å². The van der Waals surface area contributed by atoms with Crippen molar-refractivity contribution >= 4 is 44.8 Å². The van der Waals surface area contributed by atoms with Gasteiger partial charge in [-0.25, -0.2) is 0 Å². The Morgan fingerprint density at radius 1 is 0.667 bits per heavy atom. The molecule has 186 valence electrons. The molecule has 0 aliphatic rings. The van der Waals surface area contributed by atoms with Crippen LogP contribution in [0.1, 0.15) is 46.2 Å². The minimum atomic E-state index is -1.28. The summed E-state index contributed by atoms with van der Waals surface area (Å²) in [7, 11) is 0. The van der Waals surface area contributed by atoms with Gasteiger partial charge in [0.1, 0.15) is 10.0 Å². The summed E-state index contributed by atoms with van der Waals surface area (Å²) in [5.74, 6) is -1.11. The molecule has 12 heteroatoms. The Bertz CT molecular complexity index is 1180. The summed E-state index contributed by atoms with van der Waals surface area (Å²) in [5, 5.41) is 43.9. The van der Waals surface area contributed by atoms with Crippen LogP contribution in [0.5, 0.6) is 0 Å². The normalized spacial score (nSPS) is 12.6. The fraction of sp³-hybridized carbons (Fsp3) is 0.250. The molecule has 2 amide bonds. The fourth-order valence-corrected chi connectivity index (χ4v) is 4.85. The van der Waals surface area contributed by atoms with Crippen molar-refractivity contribution in [2.24, 2.45) is 0 Å². The smallest absolute Gasteiger partial charge is 0.259 e. The number of aromatic nitrogens is 4. The standard InChI is InChI=1S/C24H24N6O4S2/c31-19(15-9-3-1-4-10-15)21(33)25-23-29-27-17(35-23)13-7-8-14-18-28-30-24(36-18)26-22(34)20(32)16-11-5-2-6-12-16/h1-6,9-12,19-20,31-32H,7-8,13-14H2,(H,25,29,33)(H,26,30,34)/t19-,20-/m0/s1. The van der Waals surface area contributed by atoms with E-state index in [0.717, 1.165) is 22.9 Å². The number of anilines is 2. The number of aliphatic hydroxyl groups is 2. The minimum Gasteiger partial charge on any atom is -0.378 e. The van der Waals surface area contributed by atoms with Gasteiger partial charge in [0.05, 0.1) is 0 Å². The Kier molecular flexibility index (Phi) is 8.79. The number of hydrogen-bond donors (Lipinski definition) is 4. The molecule has 0 bridgehead atoms. The minimum absolute atomic E-state index is 0.340. The Balaban J connectivity index is 1.18. The second-order valence-electron chi connectivity index (χ2n) is 7.81.